The Labute approximate surface area is 85.3 Å². The van der Waals surface area contributed by atoms with Crippen molar-refractivity contribution >= 4 is 14.0 Å². The first-order valence-corrected chi connectivity index (χ1v) is 6.60. The number of aromatic nitrogens is 2. The minimum absolute atomic E-state index is 0.302. The summed E-state index contributed by atoms with van der Waals surface area (Å²) in [4.78, 5) is 4.09. The van der Waals surface area contributed by atoms with Gasteiger partial charge in [0, 0.05) is 21.2 Å². The molecule has 14 heavy (non-hydrogen) atoms. The smallest absolute Gasteiger partial charge is 0.127 e. The molecule has 0 bridgehead atoms. The van der Waals surface area contributed by atoms with Crippen LogP contribution >= 0.6 is 8.15 Å². The molecule has 0 radical (unpaired) electrons. The standard InChI is InChI=1S/C8H17N4OP/c1-14(2)13-4-3-12-6-11-7(5-9)8(12)10/h6H,3-5,9-10H2,1-2H3. The Hall–Kier alpha value is -0.640. The highest BCUT2D eigenvalue weighted by molar-refractivity contribution is 7.50. The number of nitrogens with two attached hydrogens (primary N) is 2. The van der Waals surface area contributed by atoms with Crippen LogP contribution in [0.5, 0.6) is 0 Å². The van der Waals surface area contributed by atoms with E-state index in [1.54, 1.807) is 6.33 Å². The Bertz CT molecular complexity index is 287. The molecule has 0 atom stereocenters. The summed E-state index contributed by atoms with van der Waals surface area (Å²) < 4.78 is 7.34. The number of rotatable bonds is 5. The van der Waals surface area contributed by atoms with Crippen molar-refractivity contribution in [3.8, 4) is 0 Å². The van der Waals surface area contributed by atoms with Gasteiger partial charge in [0.1, 0.15) is 5.82 Å². The highest BCUT2D eigenvalue weighted by Gasteiger charge is 2.05. The normalized spacial score (nSPS) is 11.1. The Kier molecular flexibility index (Phi) is 4.32. The summed E-state index contributed by atoms with van der Waals surface area (Å²) in [6, 6.07) is 0. The van der Waals surface area contributed by atoms with Crippen LogP contribution in [0.25, 0.3) is 0 Å². The third-order valence-corrected chi connectivity index (χ3v) is 2.53. The summed E-state index contributed by atoms with van der Waals surface area (Å²) in [6.45, 7) is 5.92. The van der Waals surface area contributed by atoms with Gasteiger partial charge in [-0.1, -0.05) is 0 Å². The van der Waals surface area contributed by atoms with E-state index in [9.17, 15) is 0 Å². The number of hydrogen-bond acceptors (Lipinski definition) is 4. The van der Waals surface area contributed by atoms with E-state index in [0.717, 1.165) is 12.2 Å². The van der Waals surface area contributed by atoms with Gasteiger partial charge in [-0.3, -0.25) is 0 Å². The molecular formula is C8H17N4OP. The lowest BCUT2D eigenvalue weighted by molar-refractivity contribution is 0.334. The zero-order valence-corrected chi connectivity index (χ0v) is 9.50. The molecule has 80 valence electrons. The van der Waals surface area contributed by atoms with E-state index in [2.05, 4.69) is 18.3 Å². The van der Waals surface area contributed by atoms with Gasteiger partial charge in [0.15, 0.2) is 0 Å². The molecule has 0 unspecified atom stereocenters. The summed E-state index contributed by atoms with van der Waals surface area (Å²) in [5, 5.41) is 0. The first-order chi connectivity index (χ1) is 6.65. The van der Waals surface area contributed by atoms with Gasteiger partial charge in [0.25, 0.3) is 0 Å². The highest BCUT2D eigenvalue weighted by atomic mass is 31.1. The van der Waals surface area contributed by atoms with Gasteiger partial charge < -0.3 is 20.6 Å². The third-order valence-electron chi connectivity index (χ3n) is 1.83. The number of hydrogen-bond donors (Lipinski definition) is 2. The monoisotopic (exact) mass is 216 g/mol. The number of imidazole rings is 1. The van der Waals surface area contributed by atoms with E-state index in [0.29, 0.717) is 19.0 Å². The SMILES string of the molecule is CP(C)OCCn1cnc(CN)c1N. The zero-order chi connectivity index (χ0) is 10.6. The summed E-state index contributed by atoms with van der Waals surface area (Å²) in [5.41, 5.74) is 12.0. The second kappa shape index (κ2) is 5.29. The molecule has 0 aliphatic rings. The molecule has 1 aromatic rings. The summed E-state index contributed by atoms with van der Waals surface area (Å²) in [5.74, 6) is 0.646. The third kappa shape index (κ3) is 2.94. The lowest BCUT2D eigenvalue weighted by Gasteiger charge is -2.08. The van der Waals surface area contributed by atoms with Crippen molar-refractivity contribution in [2.24, 2.45) is 5.73 Å². The van der Waals surface area contributed by atoms with Crippen LogP contribution < -0.4 is 11.5 Å². The summed E-state index contributed by atoms with van der Waals surface area (Å²) in [6.07, 6.45) is 1.70. The van der Waals surface area contributed by atoms with E-state index >= 15 is 0 Å². The highest BCUT2D eigenvalue weighted by Crippen LogP contribution is 2.25. The van der Waals surface area contributed by atoms with E-state index in [4.69, 9.17) is 16.0 Å². The van der Waals surface area contributed by atoms with Gasteiger partial charge in [0.2, 0.25) is 0 Å². The van der Waals surface area contributed by atoms with Gasteiger partial charge in [0.05, 0.1) is 18.6 Å². The fraction of sp³-hybridized carbons (Fsp3) is 0.625. The largest absolute Gasteiger partial charge is 0.384 e. The maximum absolute atomic E-state index is 5.80. The molecule has 0 spiro atoms. The van der Waals surface area contributed by atoms with Crippen LogP contribution in [0.1, 0.15) is 5.69 Å². The second-order valence-electron chi connectivity index (χ2n) is 3.12. The average Bonchev–Trinajstić information content (AvgIpc) is 2.47. The van der Waals surface area contributed by atoms with Crippen molar-refractivity contribution in [1.29, 1.82) is 0 Å². The number of nitrogens with zero attached hydrogens (tertiary/aromatic N) is 2. The zero-order valence-electron chi connectivity index (χ0n) is 8.60. The maximum atomic E-state index is 5.80. The van der Waals surface area contributed by atoms with E-state index in [1.807, 2.05) is 4.57 Å². The molecule has 1 heterocycles. The average molecular weight is 216 g/mol. The second-order valence-corrected chi connectivity index (χ2v) is 5.00. The quantitative estimate of drug-likeness (QED) is 0.706. The summed E-state index contributed by atoms with van der Waals surface area (Å²) >= 11 is 0. The van der Waals surface area contributed by atoms with Crippen LogP contribution in [-0.2, 0) is 17.6 Å². The predicted octanol–water partition coefficient (Wildman–Crippen LogP) is 0.597. The maximum Gasteiger partial charge on any atom is 0.127 e. The first-order valence-electron chi connectivity index (χ1n) is 4.45. The predicted molar refractivity (Wildman–Crippen MR) is 59.3 cm³/mol. The fourth-order valence-corrected chi connectivity index (χ4v) is 1.54. The van der Waals surface area contributed by atoms with Gasteiger partial charge in [-0.2, -0.15) is 0 Å². The van der Waals surface area contributed by atoms with Crippen molar-refractivity contribution < 1.29 is 4.52 Å². The minimum atomic E-state index is -0.302. The Balaban J connectivity index is 2.46. The van der Waals surface area contributed by atoms with Gasteiger partial charge in [-0.15, -0.1) is 0 Å². The Morgan fingerprint density at radius 3 is 2.79 bits per heavy atom. The molecule has 1 aromatic heterocycles. The molecule has 0 amide bonds. The molecule has 0 aliphatic heterocycles. The molecule has 0 aliphatic carbocycles. The van der Waals surface area contributed by atoms with Crippen LogP contribution in [-0.4, -0.2) is 29.5 Å². The van der Waals surface area contributed by atoms with Gasteiger partial charge >= 0.3 is 0 Å². The lowest BCUT2D eigenvalue weighted by Crippen LogP contribution is -2.08. The van der Waals surface area contributed by atoms with Crippen molar-refractivity contribution in [3.63, 3.8) is 0 Å². The fourth-order valence-electron chi connectivity index (χ4n) is 1.09. The van der Waals surface area contributed by atoms with Crippen LogP contribution in [0.15, 0.2) is 6.33 Å². The molecule has 0 fully saturated rings. The van der Waals surface area contributed by atoms with Gasteiger partial charge in [-0.05, 0) is 13.3 Å². The van der Waals surface area contributed by atoms with Crippen molar-refractivity contribution in [3.05, 3.63) is 12.0 Å². The molecule has 0 saturated heterocycles. The topological polar surface area (TPSA) is 79.1 Å². The molecule has 1 rings (SSSR count). The number of anilines is 1. The van der Waals surface area contributed by atoms with Crippen molar-refractivity contribution in [2.45, 2.75) is 13.1 Å². The van der Waals surface area contributed by atoms with Crippen molar-refractivity contribution in [2.75, 3.05) is 25.7 Å². The van der Waals surface area contributed by atoms with Crippen LogP contribution in [0.3, 0.4) is 0 Å². The molecule has 6 heteroatoms. The van der Waals surface area contributed by atoms with E-state index < -0.39 is 0 Å². The molecular weight excluding hydrogens is 199 g/mol. The molecule has 4 N–H and O–H groups in total. The molecule has 5 nitrogen and oxygen atoms in total. The lowest BCUT2D eigenvalue weighted by atomic mass is 10.4. The molecule has 0 aromatic carbocycles. The number of nitrogen functional groups attached to an aromatic ring is 1. The van der Waals surface area contributed by atoms with Gasteiger partial charge in [-0.25, -0.2) is 4.98 Å². The summed E-state index contributed by atoms with van der Waals surface area (Å²) in [7, 11) is -0.302. The Morgan fingerprint density at radius 1 is 1.57 bits per heavy atom. The minimum Gasteiger partial charge on any atom is -0.384 e. The van der Waals surface area contributed by atoms with E-state index in [1.165, 1.54) is 0 Å². The van der Waals surface area contributed by atoms with Crippen LogP contribution in [0.2, 0.25) is 0 Å². The molecule has 0 saturated carbocycles. The van der Waals surface area contributed by atoms with E-state index in [-0.39, 0.29) is 8.15 Å². The Morgan fingerprint density at radius 2 is 2.29 bits per heavy atom. The van der Waals surface area contributed by atoms with Crippen LogP contribution in [0.4, 0.5) is 5.82 Å². The first kappa shape index (κ1) is 11.4. The van der Waals surface area contributed by atoms with Crippen LogP contribution in [0, 0.1) is 0 Å². The van der Waals surface area contributed by atoms with Crippen molar-refractivity contribution in [1.82, 2.24) is 9.55 Å².